The van der Waals surface area contributed by atoms with Gasteiger partial charge in [-0.3, -0.25) is 4.79 Å². The lowest BCUT2D eigenvalue weighted by molar-refractivity contribution is -0.129. The van der Waals surface area contributed by atoms with E-state index in [2.05, 4.69) is 30.3 Å². The molecule has 0 aliphatic carbocycles. The third kappa shape index (κ3) is 4.71. The van der Waals surface area contributed by atoms with E-state index >= 15 is 0 Å². The highest BCUT2D eigenvalue weighted by molar-refractivity contribution is 5.85. The van der Waals surface area contributed by atoms with Crippen LogP contribution < -0.4 is 5.32 Å². The minimum atomic E-state index is -0.828. The van der Waals surface area contributed by atoms with E-state index < -0.39 is 5.41 Å². The van der Waals surface area contributed by atoms with Crippen LogP contribution in [-0.2, 0) is 4.79 Å². The molecule has 120 valence electrons. The molecule has 0 aromatic heterocycles. The van der Waals surface area contributed by atoms with Crippen molar-refractivity contribution in [2.45, 2.75) is 59.3 Å². The predicted octanol–water partition coefficient (Wildman–Crippen LogP) is 2.94. The van der Waals surface area contributed by atoms with Gasteiger partial charge >= 0.3 is 0 Å². The molecule has 1 fully saturated rings. The van der Waals surface area contributed by atoms with Crippen LogP contribution >= 0.6 is 0 Å². The van der Waals surface area contributed by atoms with E-state index in [1.54, 1.807) is 0 Å². The molecule has 4 heteroatoms. The SMILES string of the molecule is CCCC(C#N)(CCC)C(=O)NCC1(C)CCN(C)CC1. The van der Waals surface area contributed by atoms with E-state index in [4.69, 9.17) is 0 Å². The quantitative estimate of drug-likeness (QED) is 0.785. The standard InChI is InChI=1S/C17H31N3O/c1-5-7-17(13-18,8-6-2)15(21)19-14-16(3)9-11-20(4)12-10-16/h5-12,14H2,1-4H3,(H,19,21). The average molecular weight is 293 g/mol. The molecule has 1 heterocycles. The van der Waals surface area contributed by atoms with Crippen molar-refractivity contribution < 1.29 is 4.79 Å². The first kappa shape index (κ1) is 18.0. The Morgan fingerprint density at radius 3 is 2.24 bits per heavy atom. The summed E-state index contributed by atoms with van der Waals surface area (Å²) in [5, 5.41) is 12.6. The zero-order valence-corrected chi connectivity index (χ0v) is 14.2. The maximum atomic E-state index is 12.6. The van der Waals surface area contributed by atoms with E-state index in [1.165, 1.54) is 0 Å². The molecule has 4 nitrogen and oxygen atoms in total. The molecule has 0 saturated carbocycles. The summed E-state index contributed by atoms with van der Waals surface area (Å²) < 4.78 is 0. The second-order valence-electron chi connectivity index (χ2n) is 6.99. The van der Waals surface area contributed by atoms with Gasteiger partial charge in [0.1, 0.15) is 5.41 Å². The summed E-state index contributed by atoms with van der Waals surface area (Å²) in [5.41, 5.74) is -0.660. The van der Waals surface area contributed by atoms with Crippen molar-refractivity contribution in [1.82, 2.24) is 10.2 Å². The molecule has 1 amide bonds. The summed E-state index contributed by atoms with van der Waals surface area (Å²) in [5.74, 6) is -0.0612. The largest absolute Gasteiger partial charge is 0.354 e. The first-order chi connectivity index (χ1) is 9.91. The molecule has 1 aliphatic heterocycles. The average Bonchev–Trinajstić information content (AvgIpc) is 2.48. The van der Waals surface area contributed by atoms with Gasteiger partial charge in [0.25, 0.3) is 0 Å². The molecular weight excluding hydrogens is 262 g/mol. The predicted molar refractivity (Wildman–Crippen MR) is 85.7 cm³/mol. The Kier molecular flexibility index (Phi) is 6.67. The molecule has 1 aliphatic rings. The molecule has 0 atom stereocenters. The van der Waals surface area contributed by atoms with Gasteiger partial charge in [0.2, 0.25) is 5.91 Å². The molecule has 0 bridgehead atoms. The van der Waals surface area contributed by atoms with Crippen LogP contribution in [0.1, 0.15) is 59.3 Å². The molecule has 21 heavy (non-hydrogen) atoms. The molecule has 1 N–H and O–H groups in total. The molecule has 0 spiro atoms. The van der Waals surface area contributed by atoms with Crippen LogP contribution in [0.2, 0.25) is 0 Å². The van der Waals surface area contributed by atoms with E-state index in [-0.39, 0.29) is 11.3 Å². The number of hydrogen-bond donors (Lipinski definition) is 1. The molecule has 0 aromatic rings. The normalized spacial score (nSPS) is 19.0. The summed E-state index contributed by atoms with van der Waals surface area (Å²) >= 11 is 0. The van der Waals surface area contributed by atoms with Crippen molar-refractivity contribution in [3.8, 4) is 6.07 Å². The fraction of sp³-hybridized carbons (Fsp3) is 0.882. The Balaban J connectivity index is 2.63. The van der Waals surface area contributed by atoms with Crippen molar-refractivity contribution in [3.63, 3.8) is 0 Å². The zero-order valence-electron chi connectivity index (χ0n) is 14.2. The van der Waals surface area contributed by atoms with Crippen LogP contribution in [0.25, 0.3) is 0 Å². The van der Waals surface area contributed by atoms with Gasteiger partial charge in [-0.15, -0.1) is 0 Å². The van der Waals surface area contributed by atoms with Gasteiger partial charge in [-0.1, -0.05) is 33.6 Å². The van der Waals surface area contributed by atoms with E-state index in [1.807, 2.05) is 13.8 Å². The van der Waals surface area contributed by atoms with Gasteiger partial charge in [0, 0.05) is 6.54 Å². The molecular formula is C17H31N3O. The molecule has 1 rings (SSSR count). The lowest BCUT2D eigenvalue weighted by Crippen LogP contribution is -2.47. The number of likely N-dealkylation sites (tertiary alicyclic amines) is 1. The fourth-order valence-corrected chi connectivity index (χ4v) is 3.17. The Bertz CT molecular complexity index is 372. The number of piperidine rings is 1. The topological polar surface area (TPSA) is 56.1 Å². The van der Waals surface area contributed by atoms with Crippen molar-refractivity contribution in [1.29, 1.82) is 5.26 Å². The Morgan fingerprint density at radius 1 is 1.29 bits per heavy atom. The smallest absolute Gasteiger partial charge is 0.240 e. The minimum absolute atomic E-state index is 0.0612. The zero-order chi connectivity index (χ0) is 15.9. The summed E-state index contributed by atoms with van der Waals surface area (Å²) in [4.78, 5) is 14.9. The van der Waals surface area contributed by atoms with E-state index in [9.17, 15) is 10.1 Å². The third-order valence-electron chi connectivity index (χ3n) is 4.87. The van der Waals surface area contributed by atoms with Crippen LogP contribution in [0.4, 0.5) is 0 Å². The first-order valence-corrected chi connectivity index (χ1v) is 8.29. The highest BCUT2D eigenvalue weighted by Gasteiger charge is 2.38. The van der Waals surface area contributed by atoms with E-state index in [0.717, 1.165) is 38.8 Å². The summed E-state index contributed by atoms with van der Waals surface area (Å²) in [7, 11) is 2.14. The van der Waals surface area contributed by atoms with Crippen LogP contribution in [-0.4, -0.2) is 37.5 Å². The number of nitriles is 1. The molecule has 0 aromatic carbocycles. The van der Waals surface area contributed by atoms with Crippen LogP contribution in [0.5, 0.6) is 0 Å². The number of amides is 1. The number of nitrogens with zero attached hydrogens (tertiary/aromatic N) is 2. The first-order valence-electron chi connectivity index (χ1n) is 8.29. The van der Waals surface area contributed by atoms with Gasteiger partial charge in [-0.2, -0.15) is 5.26 Å². The van der Waals surface area contributed by atoms with Gasteiger partial charge < -0.3 is 10.2 Å². The summed E-state index contributed by atoms with van der Waals surface area (Å²) in [6, 6.07) is 2.30. The van der Waals surface area contributed by atoms with Crippen LogP contribution in [0.3, 0.4) is 0 Å². The van der Waals surface area contributed by atoms with Gasteiger partial charge in [0.05, 0.1) is 6.07 Å². The van der Waals surface area contributed by atoms with Gasteiger partial charge in [-0.05, 0) is 51.2 Å². The van der Waals surface area contributed by atoms with Crippen molar-refractivity contribution in [2.75, 3.05) is 26.7 Å². The monoisotopic (exact) mass is 293 g/mol. The molecule has 0 unspecified atom stereocenters. The van der Waals surface area contributed by atoms with E-state index in [0.29, 0.717) is 19.4 Å². The number of hydrogen-bond acceptors (Lipinski definition) is 3. The van der Waals surface area contributed by atoms with Crippen molar-refractivity contribution in [2.24, 2.45) is 10.8 Å². The second-order valence-corrected chi connectivity index (χ2v) is 6.99. The molecule has 1 saturated heterocycles. The Labute approximate surface area is 129 Å². The number of nitrogens with one attached hydrogen (secondary N) is 1. The number of rotatable bonds is 7. The minimum Gasteiger partial charge on any atom is -0.354 e. The van der Waals surface area contributed by atoms with Gasteiger partial charge in [-0.25, -0.2) is 0 Å². The Hall–Kier alpha value is -1.08. The summed E-state index contributed by atoms with van der Waals surface area (Å²) in [6.45, 7) is 9.17. The Morgan fingerprint density at radius 2 is 1.81 bits per heavy atom. The van der Waals surface area contributed by atoms with Crippen molar-refractivity contribution >= 4 is 5.91 Å². The maximum absolute atomic E-state index is 12.6. The highest BCUT2D eigenvalue weighted by Crippen LogP contribution is 2.32. The number of carbonyl (C=O) groups is 1. The van der Waals surface area contributed by atoms with Gasteiger partial charge in [0.15, 0.2) is 0 Å². The number of carbonyl (C=O) groups excluding carboxylic acids is 1. The van der Waals surface area contributed by atoms with Crippen LogP contribution in [0, 0.1) is 22.2 Å². The van der Waals surface area contributed by atoms with Crippen molar-refractivity contribution in [3.05, 3.63) is 0 Å². The molecule has 0 radical (unpaired) electrons. The lowest BCUT2D eigenvalue weighted by Gasteiger charge is -2.38. The lowest BCUT2D eigenvalue weighted by atomic mass is 9.78. The maximum Gasteiger partial charge on any atom is 0.240 e. The van der Waals surface area contributed by atoms with Crippen LogP contribution in [0.15, 0.2) is 0 Å². The highest BCUT2D eigenvalue weighted by atomic mass is 16.2. The summed E-state index contributed by atoms with van der Waals surface area (Å²) in [6.07, 6.45) is 5.24. The second kappa shape index (κ2) is 7.79. The third-order valence-corrected chi connectivity index (χ3v) is 4.87. The fourth-order valence-electron chi connectivity index (χ4n) is 3.17.